The van der Waals surface area contributed by atoms with Gasteiger partial charge >= 0.3 is 5.97 Å². The van der Waals surface area contributed by atoms with Crippen LogP contribution in [-0.2, 0) is 10.5 Å². The molecule has 5 aromatic rings. The highest BCUT2D eigenvalue weighted by molar-refractivity contribution is 7.98. The predicted octanol–water partition coefficient (Wildman–Crippen LogP) is 5.55. The van der Waals surface area contributed by atoms with Crippen LogP contribution in [0, 0.1) is 0 Å². The molecule has 0 fully saturated rings. The van der Waals surface area contributed by atoms with Gasteiger partial charge in [0, 0.05) is 40.3 Å². The zero-order chi connectivity index (χ0) is 24.2. The Kier molecular flexibility index (Phi) is 6.49. The SMILES string of the molecule is CCOC(=O)c1oc2ccccc2c1CSc1nnc(-c2ccncc2)n1-c1ccc(OC)cc1. The lowest BCUT2D eigenvalue weighted by molar-refractivity contribution is 0.0491. The van der Waals surface area contributed by atoms with Crippen LogP contribution in [-0.4, -0.2) is 39.4 Å². The van der Waals surface area contributed by atoms with E-state index in [1.165, 1.54) is 11.8 Å². The summed E-state index contributed by atoms with van der Waals surface area (Å²) in [6.45, 7) is 2.04. The lowest BCUT2D eigenvalue weighted by Crippen LogP contribution is -2.06. The van der Waals surface area contributed by atoms with Crippen molar-refractivity contribution in [1.29, 1.82) is 0 Å². The Morgan fingerprint density at radius 1 is 1.03 bits per heavy atom. The van der Waals surface area contributed by atoms with Crippen LogP contribution in [0.3, 0.4) is 0 Å². The number of nitrogens with zero attached hydrogens (tertiary/aromatic N) is 4. The lowest BCUT2D eigenvalue weighted by atomic mass is 10.1. The highest BCUT2D eigenvalue weighted by Crippen LogP contribution is 2.34. The Morgan fingerprint density at radius 2 is 1.80 bits per heavy atom. The molecule has 9 heteroatoms. The van der Waals surface area contributed by atoms with Gasteiger partial charge in [0.15, 0.2) is 11.0 Å². The summed E-state index contributed by atoms with van der Waals surface area (Å²) in [5, 5.41) is 10.5. The van der Waals surface area contributed by atoms with Crippen molar-refractivity contribution in [3.8, 4) is 22.8 Å². The Hall–Kier alpha value is -4.11. The molecule has 0 amide bonds. The summed E-state index contributed by atoms with van der Waals surface area (Å²) >= 11 is 1.46. The molecule has 3 heterocycles. The molecule has 2 aromatic carbocycles. The van der Waals surface area contributed by atoms with E-state index in [0.717, 1.165) is 28.0 Å². The quantitative estimate of drug-likeness (QED) is 0.208. The third kappa shape index (κ3) is 4.50. The molecule has 176 valence electrons. The molecule has 0 atom stereocenters. The number of methoxy groups -OCH3 is 1. The molecular formula is C26H22N4O4S. The molecular weight excluding hydrogens is 464 g/mol. The molecule has 0 aliphatic carbocycles. The Morgan fingerprint density at radius 3 is 2.54 bits per heavy atom. The van der Waals surface area contributed by atoms with Crippen molar-refractivity contribution in [2.75, 3.05) is 13.7 Å². The van der Waals surface area contributed by atoms with Crippen molar-refractivity contribution < 1.29 is 18.7 Å². The van der Waals surface area contributed by atoms with E-state index in [1.807, 2.05) is 65.2 Å². The maximum absolute atomic E-state index is 12.6. The summed E-state index contributed by atoms with van der Waals surface area (Å²) < 4.78 is 18.4. The first-order valence-electron chi connectivity index (χ1n) is 11.0. The van der Waals surface area contributed by atoms with Crippen LogP contribution < -0.4 is 4.74 Å². The minimum absolute atomic E-state index is 0.213. The van der Waals surface area contributed by atoms with Crippen LogP contribution in [0.4, 0.5) is 0 Å². The molecule has 0 aliphatic rings. The average Bonchev–Trinajstić information content (AvgIpc) is 3.50. The standard InChI is InChI=1S/C26H22N4O4S/c1-3-33-25(31)23-21(20-6-4-5-7-22(20)34-23)16-35-26-29-28-24(17-12-14-27-15-13-17)30(26)18-8-10-19(32-2)11-9-18/h4-15H,3,16H2,1-2H3. The summed E-state index contributed by atoms with van der Waals surface area (Å²) in [6.07, 6.45) is 3.44. The number of rotatable bonds is 8. The molecule has 0 spiro atoms. The van der Waals surface area contributed by atoms with Crippen LogP contribution in [0.15, 0.2) is 82.6 Å². The Bertz CT molecular complexity index is 1460. The number of carbonyl (C=O) groups excluding carboxylic acids is 1. The molecule has 0 aliphatic heterocycles. The van der Waals surface area contributed by atoms with Gasteiger partial charge in [-0.15, -0.1) is 10.2 Å². The molecule has 35 heavy (non-hydrogen) atoms. The number of carbonyl (C=O) groups is 1. The number of ether oxygens (including phenoxy) is 2. The van der Waals surface area contributed by atoms with Gasteiger partial charge in [-0.2, -0.15) is 0 Å². The topological polar surface area (TPSA) is 92.3 Å². The molecule has 3 aromatic heterocycles. The summed E-state index contributed by atoms with van der Waals surface area (Å²) in [5.74, 6) is 1.61. The average molecular weight is 487 g/mol. The van der Waals surface area contributed by atoms with Crippen molar-refractivity contribution in [3.05, 3.63) is 84.4 Å². The fourth-order valence-corrected chi connectivity index (χ4v) is 4.74. The lowest BCUT2D eigenvalue weighted by Gasteiger charge is -2.11. The molecule has 0 saturated heterocycles. The number of fused-ring (bicyclic) bond motifs is 1. The third-order valence-electron chi connectivity index (χ3n) is 5.41. The van der Waals surface area contributed by atoms with Crippen LogP contribution >= 0.6 is 11.8 Å². The number of pyridine rings is 1. The van der Waals surface area contributed by atoms with Crippen molar-refractivity contribution in [2.45, 2.75) is 17.8 Å². The van der Waals surface area contributed by atoms with Crippen LogP contribution in [0.25, 0.3) is 28.0 Å². The molecule has 0 saturated carbocycles. The largest absolute Gasteiger partial charge is 0.497 e. The summed E-state index contributed by atoms with van der Waals surface area (Å²) in [5.41, 5.74) is 3.17. The molecule has 0 unspecified atom stereocenters. The summed E-state index contributed by atoms with van der Waals surface area (Å²) in [6, 6.07) is 19.0. The number of thioether (sulfide) groups is 1. The highest BCUT2D eigenvalue weighted by atomic mass is 32.2. The Balaban J connectivity index is 1.55. The van der Waals surface area contributed by atoms with Gasteiger partial charge in [-0.25, -0.2) is 4.79 Å². The fourth-order valence-electron chi connectivity index (χ4n) is 3.76. The van der Waals surface area contributed by atoms with E-state index in [0.29, 0.717) is 22.3 Å². The van der Waals surface area contributed by atoms with Gasteiger partial charge in [-0.05, 0) is 49.4 Å². The predicted molar refractivity (Wildman–Crippen MR) is 133 cm³/mol. The maximum atomic E-state index is 12.6. The highest BCUT2D eigenvalue weighted by Gasteiger charge is 2.23. The van der Waals surface area contributed by atoms with Gasteiger partial charge in [0.25, 0.3) is 0 Å². The minimum atomic E-state index is -0.478. The number of benzene rings is 2. The first-order chi connectivity index (χ1) is 17.2. The Labute approximate surface area is 205 Å². The van der Waals surface area contributed by atoms with Gasteiger partial charge in [0.2, 0.25) is 5.76 Å². The molecule has 5 rings (SSSR count). The van der Waals surface area contributed by atoms with E-state index in [-0.39, 0.29) is 12.4 Å². The van der Waals surface area contributed by atoms with E-state index in [1.54, 1.807) is 26.4 Å². The van der Waals surface area contributed by atoms with Crippen LogP contribution in [0.1, 0.15) is 23.0 Å². The normalized spacial score (nSPS) is 11.0. The van der Waals surface area contributed by atoms with E-state index in [4.69, 9.17) is 13.9 Å². The second-order valence-electron chi connectivity index (χ2n) is 7.49. The number of hydrogen-bond donors (Lipinski definition) is 0. The van der Waals surface area contributed by atoms with E-state index >= 15 is 0 Å². The molecule has 0 bridgehead atoms. The van der Waals surface area contributed by atoms with Crippen molar-refractivity contribution in [3.63, 3.8) is 0 Å². The first-order valence-corrected chi connectivity index (χ1v) is 12.0. The molecule has 8 nitrogen and oxygen atoms in total. The van der Waals surface area contributed by atoms with Crippen LogP contribution in [0.2, 0.25) is 0 Å². The first kappa shape index (κ1) is 22.7. The smallest absolute Gasteiger partial charge is 0.374 e. The van der Waals surface area contributed by atoms with Crippen molar-refractivity contribution in [1.82, 2.24) is 19.7 Å². The third-order valence-corrected chi connectivity index (χ3v) is 6.36. The van der Waals surface area contributed by atoms with Crippen LogP contribution in [0.5, 0.6) is 5.75 Å². The van der Waals surface area contributed by atoms with Gasteiger partial charge in [-0.3, -0.25) is 9.55 Å². The second-order valence-corrected chi connectivity index (χ2v) is 8.43. The zero-order valence-corrected chi connectivity index (χ0v) is 20.0. The van der Waals surface area contributed by atoms with E-state index in [9.17, 15) is 4.79 Å². The van der Waals surface area contributed by atoms with Crippen molar-refractivity contribution in [2.24, 2.45) is 0 Å². The summed E-state index contributed by atoms with van der Waals surface area (Å²) in [4.78, 5) is 16.7. The number of hydrogen-bond acceptors (Lipinski definition) is 8. The van der Waals surface area contributed by atoms with Gasteiger partial charge in [0.1, 0.15) is 11.3 Å². The van der Waals surface area contributed by atoms with Gasteiger partial charge in [0.05, 0.1) is 13.7 Å². The fraction of sp³-hybridized carbons (Fsp3) is 0.154. The number of aromatic nitrogens is 4. The molecule has 0 N–H and O–H groups in total. The number of furan rings is 1. The van der Waals surface area contributed by atoms with E-state index < -0.39 is 5.97 Å². The van der Waals surface area contributed by atoms with Crippen molar-refractivity contribution >= 4 is 28.7 Å². The second kappa shape index (κ2) is 10.0. The number of esters is 1. The minimum Gasteiger partial charge on any atom is -0.497 e. The number of para-hydroxylation sites is 1. The van der Waals surface area contributed by atoms with Gasteiger partial charge < -0.3 is 13.9 Å². The molecule has 0 radical (unpaired) electrons. The monoisotopic (exact) mass is 486 g/mol. The maximum Gasteiger partial charge on any atom is 0.374 e. The van der Waals surface area contributed by atoms with Gasteiger partial charge in [-0.1, -0.05) is 30.0 Å². The zero-order valence-electron chi connectivity index (χ0n) is 19.2. The van der Waals surface area contributed by atoms with E-state index in [2.05, 4.69) is 15.2 Å². The summed E-state index contributed by atoms with van der Waals surface area (Å²) in [7, 11) is 1.63.